The summed E-state index contributed by atoms with van der Waals surface area (Å²) in [7, 11) is 0. The van der Waals surface area contributed by atoms with Crippen LogP contribution in [0.15, 0.2) is 60.7 Å². The molecule has 0 radical (unpaired) electrons. The van der Waals surface area contributed by atoms with Crippen LogP contribution in [0.4, 0.5) is 5.69 Å². The molecule has 0 saturated carbocycles. The first-order valence-corrected chi connectivity index (χ1v) is 11.3. The molecule has 31 heavy (non-hydrogen) atoms. The molecule has 4 rings (SSSR count). The van der Waals surface area contributed by atoms with Crippen molar-refractivity contribution >= 4 is 17.5 Å². The Hall–Kier alpha value is -2.86. The first kappa shape index (κ1) is 21.4. The van der Waals surface area contributed by atoms with Gasteiger partial charge in [0.1, 0.15) is 0 Å². The lowest BCUT2D eigenvalue weighted by atomic mass is 10.2. The monoisotopic (exact) mass is 420 g/mol. The number of benzene rings is 2. The van der Waals surface area contributed by atoms with Gasteiger partial charge in [-0.25, -0.2) is 0 Å². The van der Waals surface area contributed by atoms with Crippen LogP contribution in [0, 0.1) is 0 Å². The van der Waals surface area contributed by atoms with Gasteiger partial charge in [0.15, 0.2) is 0 Å². The molecule has 0 spiro atoms. The number of piperazine rings is 1. The van der Waals surface area contributed by atoms with E-state index < -0.39 is 0 Å². The van der Waals surface area contributed by atoms with Crippen LogP contribution in [0.5, 0.6) is 0 Å². The second-order valence-corrected chi connectivity index (χ2v) is 8.42. The quantitative estimate of drug-likeness (QED) is 0.690. The third kappa shape index (κ3) is 5.85. The predicted molar refractivity (Wildman–Crippen MR) is 123 cm³/mol. The second-order valence-electron chi connectivity index (χ2n) is 8.42. The van der Waals surface area contributed by atoms with Gasteiger partial charge in [0.05, 0.1) is 13.1 Å². The van der Waals surface area contributed by atoms with Crippen molar-refractivity contribution < 1.29 is 9.59 Å². The fraction of sp³-hybridized carbons (Fsp3) is 0.440. The molecule has 0 unspecified atom stereocenters. The molecular formula is C25H32N4O2. The van der Waals surface area contributed by atoms with Crippen LogP contribution in [0.3, 0.4) is 0 Å². The SMILES string of the molecule is O=C(CN1CCN(C(=O)CN(Cc2ccccc2)c2ccccc2)CC1)N1CCCC1. The highest BCUT2D eigenvalue weighted by Gasteiger charge is 2.26. The third-order valence-electron chi connectivity index (χ3n) is 6.21. The van der Waals surface area contributed by atoms with E-state index in [1.165, 1.54) is 5.56 Å². The van der Waals surface area contributed by atoms with Gasteiger partial charge in [0.2, 0.25) is 11.8 Å². The highest BCUT2D eigenvalue weighted by Crippen LogP contribution is 2.17. The Labute approximate surface area is 185 Å². The number of hydrogen-bond acceptors (Lipinski definition) is 4. The van der Waals surface area contributed by atoms with Crippen molar-refractivity contribution in [2.45, 2.75) is 19.4 Å². The van der Waals surface area contributed by atoms with Crippen molar-refractivity contribution in [1.29, 1.82) is 0 Å². The number of anilines is 1. The van der Waals surface area contributed by atoms with Gasteiger partial charge in [-0.15, -0.1) is 0 Å². The topological polar surface area (TPSA) is 47.1 Å². The smallest absolute Gasteiger partial charge is 0.242 e. The average molecular weight is 421 g/mol. The largest absolute Gasteiger partial charge is 0.358 e. The molecule has 2 fully saturated rings. The number of carbonyl (C=O) groups excluding carboxylic acids is 2. The fourth-order valence-corrected chi connectivity index (χ4v) is 4.36. The van der Waals surface area contributed by atoms with Crippen LogP contribution >= 0.6 is 0 Å². The van der Waals surface area contributed by atoms with Crippen molar-refractivity contribution in [2.24, 2.45) is 0 Å². The summed E-state index contributed by atoms with van der Waals surface area (Å²) >= 11 is 0. The zero-order valence-corrected chi connectivity index (χ0v) is 18.2. The minimum absolute atomic E-state index is 0.144. The maximum atomic E-state index is 13.1. The van der Waals surface area contributed by atoms with E-state index >= 15 is 0 Å². The van der Waals surface area contributed by atoms with E-state index in [9.17, 15) is 9.59 Å². The molecule has 6 nitrogen and oxygen atoms in total. The van der Waals surface area contributed by atoms with Gasteiger partial charge in [0, 0.05) is 51.5 Å². The standard InChI is InChI=1S/C25H32N4O2/c30-24(27-13-7-8-14-27)20-26-15-17-28(18-16-26)25(31)21-29(23-11-5-2-6-12-23)19-22-9-3-1-4-10-22/h1-6,9-12H,7-8,13-21H2. The Balaban J connectivity index is 1.32. The first-order chi connectivity index (χ1) is 15.2. The number of hydrogen-bond donors (Lipinski definition) is 0. The van der Waals surface area contributed by atoms with Gasteiger partial charge in [-0.2, -0.15) is 0 Å². The van der Waals surface area contributed by atoms with Crippen molar-refractivity contribution in [3.8, 4) is 0 Å². The Morgan fingerprint density at radius 1 is 0.710 bits per heavy atom. The lowest BCUT2D eigenvalue weighted by Crippen LogP contribution is -2.53. The lowest BCUT2D eigenvalue weighted by molar-refractivity contribution is -0.133. The summed E-state index contributed by atoms with van der Waals surface area (Å²) < 4.78 is 0. The molecule has 2 aliphatic heterocycles. The Morgan fingerprint density at radius 2 is 1.29 bits per heavy atom. The van der Waals surface area contributed by atoms with E-state index in [1.807, 2.05) is 46.2 Å². The molecule has 0 atom stereocenters. The Kier molecular flexibility index (Phi) is 7.20. The molecule has 164 valence electrons. The van der Waals surface area contributed by atoms with Crippen LogP contribution in [0.25, 0.3) is 0 Å². The van der Waals surface area contributed by atoms with Crippen LogP contribution in [0.2, 0.25) is 0 Å². The molecule has 2 aromatic carbocycles. The van der Waals surface area contributed by atoms with E-state index in [-0.39, 0.29) is 11.8 Å². The highest BCUT2D eigenvalue weighted by molar-refractivity contribution is 5.82. The number of nitrogens with zero attached hydrogens (tertiary/aromatic N) is 4. The van der Waals surface area contributed by atoms with Crippen molar-refractivity contribution in [2.75, 3.05) is 57.3 Å². The Bertz CT molecular complexity index is 844. The molecule has 0 aromatic heterocycles. The van der Waals surface area contributed by atoms with Gasteiger partial charge >= 0.3 is 0 Å². The molecule has 2 saturated heterocycles. The zero-order chi connectivity index (χ0) is 21.5. The fourth-order valence-electron chi connectivity index (χ4n) is 4.36. The maximum absolute atomic E-state index is 13.1. The van der Waals surface area contributed by atoms with Crippen LogP contribution in [0.1, 0.15) is 18.4 Å². The van der Waals surface area contributed by atoms with E-state index in [2.05, 4.69) is 34.1 Å². The van der Waals surface area contributed by atoms with Crippen LogP contribution < -0.4 is 4.90 Å². The van der Waals surface area contributed by atoms with Crippen molar-refractivity contribution in [1.82, 2.24) is 14.7 Å². The Morgan fingerprint density at radius 3 is 1.94 bits per heavy atom. The number of carbonyl (C=O) groups is 2. The van der Waals surface area contributed by atoms with Crippen molar-refractivity contribution in [3.05, 3.63) is 66.2 Å². The summed E-state index contributed by atoms with van der Waals surface area (Å²) in [6.07, 6.45) is 2.24. The van der Waals surface area contributed by atoms with Gasteiger partial charge in [-0.05, 0) is 30.5 Å². The van der Waals surface area contributed by atoms with Gasteiger partial charge in [-0.3, -0.25) is 14.5 Å². The van der Waals surface area contributed by atoms with Gasteiger partial charge < -0.3 is 14.7 Å². The third-order valence-corrected chi connectivity index (χ3v) is 6.21. The van der Waals surface area contributed by atoms with E-state index in [1.54, 1.807) is 0 Å². The minimum atomic E-state index is 0.144. The molecule has 0 bridgehead atoms. The average Bonchev–Trinajstić information content (AvgIpc) is 3.36. The normalized spacial score (nSPS) is 17.0. The van der Waals surface area contributed by atoms with Gasteiger partial charge in [-0.1, -0.05) is 48.5 Å². The van der Waals surface area contributed by atoms with Crippen LogP contribution in [-0.4, -0.2) is 78.9 Å². The van der Waals surface area contributed by atoms with E-state index in [0.29, 0.717) is 32.7 Å². The number of amides is 2. The van der Waals surface area contributed by atoms with Gasteiger partial charge in [0.25, 0.3) is 0 Å². The molecule has 2 aliphatic rings. The summed E-state index contributed by atoms with van der Waals surface area (Å²) in [5, 5.41) is 0. The molecule has 2 aromatic rings. The molecule has 2 heterocycles. The molecule has 0 aliphatic carbocycles. The summed E-state index contributed by atoms with van der Waals surface area (Å²) in [6.45, 7) is 6.20. The summed E-state index contributed by atoms with van der Waals surface area (Å²) in [4.78, 5) is 33.7. The molecular weight excluding hydrogens is 388 g/mol. The molecule has 0 N–H and O–H groups in total. The highest BCUT2D eigenvalue weighted by atomic mass is 16.2. The second kappa shape index (κ2) is 10.4. The number of likely N-dealkylation sites (tertiary alicyclic amines) is 1. The van der Waals surface area contributed by atoms with E-state index in [4.69, 9.17) is 0 Å². The molecule has 6 heteroatoms. The van der Waals surface area contributed by atoms with E-state index in [0.717, 1.165) is 44.7 Å². The number of para-hydroxylation sites is 1. The zero-order valence-electron chi connectivity index (χ0n) is 18.2. The van der Waals surface area contributed by atoms with Crippen molar-refractivity contribution in [3.63, 3.8) is 0 Å². The first-order valence-electron chi connectivity index (χ1n) is 11.3. The maximum Gasteiger partial charge on any atom is 0.242 e. The summed E-state index contributed by atoms with van der Waals surface area (Å²) in [5.74, 6) is 0.376. The predicted octanol–water partition coefficient (Wildman–Crippen LogP) is 2.46. The molecule has 2 amide bonds. The summed E-state index contributed by atoms with van der Waals surface area (Å²) in [6, 6.07) is 20.4. The lowest BCUT2D eigenvalue weighted by Gasteiger charge is -2.36. The summed E-state index contributed by atoms with van der Waals surface area (Å²) in [5.41, 5.74) is 2.24. The minimum Gasteiger partial charge on any atom is -0.358 e. The van der Waals surface area contributed by atoms with Crippen LogP contribution in [-0.2, 0) is 16.1 Å². The number of rotatable bonds is 7.